The first-order chi connectivity index (χ1) is 11.3. The van der Waals surface area contributed by atoms with E-state index >= 15 is 0 Å². The minimum Gasteiger partial charge on any atom is -0.376 e. The van der Waals surface area contributed by atoms with Crippen molar-refractivity contribution in [1.29, 1.82) is 0 Å². The maximum absolute atomic E-state index is 5.58. The number of imidazole rings is 1. The van der Waals surface area contributed by atoms with Crippen LogP contribution in [0.2, 0.25) is 0 Å². The molecule has 124 valence electrons. The van der Waals surface area contributed by atoms with E-state index in [0.29, 0.717) is 11.2 Å². The molecule has 1 aromatic heterocycles. The molecule has 6 heteroatoms. The lowest BCUT2D eigenvalue weighted by molar-refractivity contribution is 0.114. The van der Waals surface area contributed by atoms with Crippen molar-refractivity contribution in [2.24, 2.45) is 0 Å². The first-order valence-electron chi connectivity index (χ1n) is 8.35. The normalized spacial score (nSPS) is 17.5. The minimum atomic E-state index is 0.305. The van der Waals surface area contributed by atoms with Gasteiger partial charge in [0.1, 0.15) is 5.82 Å². The van der Waals surface area contributed by atoms with E-state index in [-0.39, 0.29) is 0 Å². The molecule has 2 aromatic rings. The van der Waals surface area contributed by atoms with Crippen LogP contribution in [0, 0.1) is 0 Å². The summed E-state index contributed by atoms with van der Waals surface area (Å²) in [5, 5.41) is 7.19. The Morgan fingerprint density at radius 1 is 1.39 bits per heavy atom. The highest BCUT2D eigenvalue weighted by atomic mass is 32.1. The fraction of sp³-hybridized carbons (Fsp3) is 0.529. The van der Waals surface area contributed by atoms with Gasteiger partial charge in [0, 0.05) is 32.7 Å². The number of nitrogens with zero attached hydrogens (tertiary/aromatic N) is 2. The Balaban J connectivity index is 1.49. The molecular formula is C17H24N4OS. The van der Waals surface area contributed by atoms with Crippen LogP contribution in [0.5, 0.6) is 0 Å². The van der Waals surface area contributed by atoms with Crippen LogP contribution < -0.4 is 10.6 Å². The molecule has 1 fully saturated rings. The first-order valence-corrected chi connectivity index (χ1v) is 8.76. The second-order valence-corrected chi connectivity index (χ2v) is 6.19. The van der Waals surface area contributed by atoms with Crippen molar-refractivity contribution in [3.05, 3.63) is 30.1 Å². The lowest BCUT2D eigenvalue weighted by Crippen LogP contribution is -2.40. The highest BCUT2D eigenvalue weighted by molar-refractivity contribution is 7.80. The number of aromatic nitrogens is 2. The zero-order chi connectivity index (χ0) is 16.1. The van der Waals surface area contributed by atoms with Crippen molar-refractivity contribution in [1.82, 2.24) is 20.2 Å². The van der Waals surface area contributed by atoms with Gasteiger partial charge in [-0.1, -0.05) is 12.1 Å². The molecule has 0 bridgehead atoms. The zero-order valence-electron chi connectivity index (χ0n) is 13.5. The third-order valence-corrected chi connectivity index (χ3v) is 4.49. The highest BCUT2D eigenvalue weighted by Crippen LogP contribution is 2.16. The van der Waals surface area contributed by atoms with Gasteiger partial charge in [0.15, 0.2) is 5.11 Å². The lowest BCUT2D eigenvalue weighted by Gasteiger charge is -2.14. The van der Waals surface area contributed by atoms with Crippen molar-refractivity contribution >= 4 is 28.4 Å². The molecule has 2 heterocycles. The second kappa shape index (κ2) is 7.75. The SMILES string of the molecule is CCn1c(CCNC(=S)NC[C@@H]2CCCO2)nc2ccccc21. The van der Waals surface area contributed by atoms with E-state index in [1.165, 1.54) is 5.52 Å². The Hall–Kier alpha value is -1.66. The van der Waals surface area contributed by atoms with Crippen molar-refractivity contribution in [3.63, 3.8) is 0 Å². The first kappa shape index (κ1) is 16.2. The fourth-order valence-corrected chi connectivity index (χ4v) is 3.22. The van der Waals surface area contributed by atoms with Crippen molar-refractivity contribution in [2.45, 2.75) is 38.8 Å². The predicted octanol–water partition coefficient (Wildman–Crippen LogP) is 2.24. The molecule has 2 N–H and O–H groups in total. The molecule has 0 saturated carbocycles. The van der Waals surface area contributed by atoms with E-state index < -0.39 is 0 Å². The summed E-state index contributed by atoms with van der Waals surface area (Å²) in [5.74, 6) is 1.10. The van der Waals surface area contributed by atoms with Crippen LogP contribution in [0.3, 0.4) is 0 Å². The maximum atomic E-state index is 5.58. The zero-order valence-corrected chi connectivity index (χ0v) is 14.4. The van der Waals surface area contributed by atoms with Gasteiger partial charge in [0.25, 0.3) is 0 Å². The highest BCUT2D eigenvalue weighted by Gasteiger charge is 2.15. The second-order valence-electron chi connectivity index (χ2n) is 5.78. The Bertz CT molecular complexity index is 664. The van der Waals surface area contributed by atoms with E-state index in [9.17, 15) is 0 Å². The molecule has 1 saturated heterocycles. The van der Waals surface area contributed by atoms with Gasteiger partial charge in [0.2, 0.25) is 0 Å². The number of thiocarbonyl (C=S) groups is 1. The summed E-state index contributed by atoms with van der Waals surface area (Å²) in [6, 6.07) is 8.27. The van der Waals surface area contributed by atoms with Crippen LogP contribution in [-0.2, 0) is 17.7 Å². The molecule has 0 amide bonds. The lowest BCUT2D eigenvalue weighted by atomic mass is 10.2. The van der Waals surface area contributed by atoms with E-state index in [4.69, 9.17) is 21.9 Å². The van der Waals surface area contributed by atoms with Gasteiger partial charge < -0.3 is 19.9 Å². The number of fused-ring (bicyclic) bond motifs is 1. The van der Waals surface area contributed by atoms with Gasteiger partial charge in [0.05, 0.1) is 17.1 Å². The molecule has 0 aliphatic carbocycles. The van der Waals surface area contributed by atoms with E-state index in [2.05, 4.69) is 40.3 Å². The van der Waals surface area contributed by atoms with Gasteiger partial charge in [-0.15, -0.1) is 0 Å². The van der Waals surface area contributed by atoms with E-state index in [1.807, 2.05) is 6.07 Å². The number of benzene rings is 1. The largest absolute Gasteiger partial charge is 0.376 e. The predicted molar refractivity (Wildman–Crippen MR) is 96.7 cm³/mol. The average molecular weight is 332 g/mol. The monoisotopic (exact) mass is 332 g/mol. The molecule has 0 spiro atoms. The van der Waals surface area contributed by atoms with Gasteiger partial charge in [-0.25, -0.2) is 4.98 Å². The molecule has 3 rings (SSSR count). The third kappa shape index (κ3) is 4.00. The Labute approximate surface area is 142 Å². The summed E-state index contributed by atoms with van der Waals surface area (Å²) >= 11 is 5.32. The molecule has 1 aliphatic rings. The topological polar surface area (TPSA) is 51.1 Å². The maximum Gasteiger partial charge on any atom is 0.166 e. The number of para-hydroxylation sites is 2. The summed E-state index contributed by atoms with van der Waals surface area (Å²) in [4.78, 5) is 4.73. The van der Waals surface area contributed by atoms with Crippen LogP contribution in [0.15, 0.2) is 24.3 Å². The van der Waals surface area contributed by atoms with Crippen LogP contribution in [0.4, 0.5) is 0 Å². The number of hydrogen-bond acceptors (Lipinski definition) is 3. The average Bonchev–Trinajstić information content (AvgIpc) is 3.20. The summed E-state index contributed by atoms with van der Waals surface area (Å²) in [6.07, 6.45) is 3.43. The third-order valence-electron chi connectivity index (χ3n) is 4.20. The molecule has 5 nitrogen and oxygen atoms in total. The van der Waals surface area contributed by atoms with Crippen LogP contribution in [0.1, 0.15) is 25.6 Å². The summed E-state index contributed by atoms with van der Waals surface area (Å²) < 4.78 is 7.84. The van der Waals surface area contributed by atoms with E-state index in [0.717, 1.165) is 56.8 Å². The molecular weight excluding hydrogens is 308 g/mol. The van der Waals surface area contributed by atoms with Gasteiger partial charge in [-0.05, 0) is 44.1 Å². The molecule has 1 atom stereocenters. The number of nitrogens with one attached hydrogen (secondary N) is 2. The quantitative estimate of drug-likeness (QED) is 0.795. The Morgan fingerprint density at radius 3 is 3.04 bits per heavy atom. The molecule has 1 aromatic carbocycles. The Kier molecular flexibility index (Phi) is 5.46. The fourth-order valence-electron chi connectivity index (χ4n) is 3.03. The van der Waals surface area contributed by atoms with Crippen molar-refractivity contribution < 1.29 is 4.74 Å². The van der Waals surface area contributed by atoms with Crippen LogP contribution in [-0.4, -0.2) is 40.5 Å². The Morgan fingerprint density at radius 2 is 2.26 bits per heavy atom. The van der Waals surface area contributed by atoms with Gasteiger partial charge >= 0.3 is 0 Å². The van der Waals surface area contributed by atoms with Crippen LogP contribution >= 0.6 is 12.2 Å². The molecule has 1 aliphatic heterocycles. The number of ether oxygens (including phenoxy) is 1. The van der Waals surface area contributed by atoms with Gasteiger partial charge in [-0.3, -0.25) is 0 Å². The van der Waals surface area contributed by atoms with Crippen molar-refractivity contribution in [3.8, 4) is 0 Å². The van der Waals surface area contributed by atoms with Gasteiger partial charge in [-0.2, -0.15) is 0 Å². The van der Waals surface area contributed by atoms with Crippen molar-refractivity contribution in [2.75, 3.05) is 19.7 Å². The summed E-state index contributed by atoms with van der Waals surface area (Å²) in [7, 11) is 0. The minimum absolute atomic E-state index is 0.305. The number of hydrogen-bond donors (Lipinski definition) is 2. The summed E-state index contributed by atoms with van der Waals surface area (Å²) in [6.45, 7) is 5.52. The smallest absolute Gasteiger partial charge is 0.166 e. The molecule has 0 radical (unpaired) electrons. The number of rotatable bonds is 6. The molecule has 0 unspecified atom stereocenters. The molecule has 23 heavy (non-hydrogen) atoms. The summed E-state index contributed by atoms with van der Waals surface area (Å²) in [5.41, 5.74) is 2.26. The van der Waals surface area contributed by atoms with E-state index in [1.54, 1.807) is 0 Å². The van der Waals surface area contributed by atoms with Crippen LogP contribution in [0.25, 0.3) is 11.0 Å². The standard InChI is InChI=1S/C17H24N4OS/c1-2-21-15-8-4-3-7-14(15)20-16(21)9-10-18-17(23)19-12-13-6-5-11-22-13/h3-4,7-8,13H,2,5-6,9-12H2,1H3,(H2,18,19,23)/t13-/m0/s1. The number of aryl methyl sites for hydroxylation is 1.